The first-order valence-corrected chi connectivity index (χ1v) is 7.99. The molecule has 0 saturated carbocycles. The highest BCUT2D eigenvalue weighted by Gasteiger charge is 2.39. The summed E-state index contributed by atoms with van der Waals surface area (Å²) in [6, 6.07) is -1.69. The van der Waals surface area contributed by atoms with Crippen LogP contribution in [-0.4, -0.2) is 59.0 Å². The number of hydrogen-bond acceptors (Lipinski definition) is 4. The summed E-state index contributed by atoms with van der Waals surface area (Å²) in [5.41, 5.74) is 0. The van der Waals surface area contributed by atoms with Crippen molar-refractivity contribution in [3.8, 4) is 0 Å². The Morgan fingerprint density at radius 1 is 1.23 bits per heavy atom. The molecule has 2 aliphatic rings. The molecule has 2 fully saturated rings. The van der Waals surface area contributed by atoms with Crippen LogP contribution < -0.4 is 10.6 Å². The topological polar surface area (TPSA) is 98.7 Å². The Hall–Kier alpha value is -1.63. The Balaban J connectivity index is 2.05. The van der Waals surface area contributed by atoms with E-state index in [2.05, 4.69) is 10.6 Å². The fraction of sp³-hybridized carbons (Fsp3) is 0.800. The van der Waals surface area contributed by atoms with Gasteiger partial charge >= 0.3 is 5.97 Å². The first-order valence-electron chi connectivity index (χ1n) is 7.99. The van der Waals surface area contributed by atoms with E-state index < -0.39 is 18.1 Å². The molecule has 0 aromatic heterocycles. The van der Waals surface area contributed by atoms with Crippen LogP contribution in [0.1, 0.15) is 39.5 Å². The van der Waals surface area contributed by atoms with E-state index in [4.69, 9.17) is 0 Å². The summed E-state index contributed by atoms with van der Waals surface area (Å²) in [5, 5.41) is 15.1. The predicted octanol–water partition coefficient (Wildman–Crippen LogP) is -0.0452. The van der Waals surface area contributed by atoms with E-state index >= 15 is 0 Å². The van der Waals surface area contributed by atoms with Crippen LogP contribution in [0.3, 0.4) is 0 Å². The van der Waals surface area contributed by atoms with Gasteiger partial charge in [-0.2, -0.15) is 0 Å². The van der Waals surface area contributed by atoms with Gasteiger partial charge in [0, 0.05) is 6.54 Å². The van der Waals surface area contributed by atoms with Crippen LogP contribution in [0, 0.1) is 5.92 Å². The molecule has 0 spiro atoms. The van der Waals surface area contributed by atoms with Crippen LogP contribution in [0.25, 0.3) is 0 Å². The molecule has 0 aromatic rings. The number of rotatable bonds is 5. The maximum absolute atomic E-state index is 12.7. The number of amides is 2. The lowest BCUT2D eigenvalue weighted by atomic mass is 10.0. The minimum atomic E-state index is -0.975. The first kappa shape index (κ1) is 16.7. The average Bonchev–Trinajstić information content (AvgIpc) is 3.13. The molecule has 124 valence electrons. The third-order valence-electron chi connectivity index (χ3n) is 4.43. The van der Waals surface area contributed by atoms with Gasteiger partial charge in [0.2, 0.25) is 11.8 Å². The van der Waals surface area contributed by atoms with Gasteiger partial charge in [-0.1, -0.05) is 13.8 Å². The van der Waals surface area contributed by atoms with Crippen LogP contribution in [0.4, 0.5) is 0 Å². The normalized spacial score (nSPS) is 26.2. The fourth-order valence-corrected chi connectivity index (χ4v) is 3.14. The third-order valence-corrected chi connectivity index (χ3v) is 4.43. The van der Waals surface area contributed by atoms with Gasteiger partial charge < -0.3 is 20.6 Å². The lowest BCUT2D eigenvalue weighted by molar-refractivity contribution is -0.150. The second-order valence-corrected chi connectivity index (χ2v) is 6.41. The number of likely N-dealkylation sites (tertiary alicyclic amines) is 1. The number of aliphatic carboxylic acids is 1. The summed E-state index contributed by atoms with van der Waals surface area (Å²) in [7, 11) is 0. The molecule has 2 saturated heterocycles. The third kappa shape index (κ3) is 3.58. The Kier molecular flexibility index (Phi) is 5.39. The molecule has 3 atom stereocenters. The first-order chi connectivity index (χ1) is 10.4. The van der Waals surface area contributed by atoms with Crippen LogP contribution in [0.5, 0.6) is 0 Å². The molecule has 7 nitrogen and oxygen atoms in total. The number of carbonyl (C=O) groups is 3. The SMILES string of the molecule is CC(C)[C@H](NC(=O)[C@@H]1CCCN1)C(=O)N1CCC[C@@H]1C(=O)O. The van der Waals surface area contributed by atoms with Gasteiger partial charge in [-0.25, -0.2) is 4.79 Å². The number of nitrogens with zero attached hydrogens (tertiary/aromatic N) is 1. The highest BCUT2D eigenvalue weighted by atomic mass is 16.4. The zero-order chi connectivity index (χ0) is 16.3. The Morgan fingerprint density at radius 2 is 1.95 bits per heavy atom. The maximum atomic E-state index is 12.7. The summed E-state index contributed by atoms with van der Waals surface area (Å²) >= 11 is 0. The van der Waals surface area contributed by atoms with Crippen molar-refractivity contribution < 1.29 is 19.5 Å². The maximum Gasteiger partial charge on any atom is 0.326 e. The molecule has 0 radical (unpaired) electrons. The molecule has 2 aliphatic heterocycles. The number of carboxylic acids is 1. The predicted molar refractivity (Wildman–Crippen MR) is 80.2 cm³/mol. The van der Waals surface area contributed by atoms with Crippen molar-refractivity contribution >= 4 is 17.8 Å². The molecule has 0 bridgehead atoms. The van der Waals surface area contributed by atoms with E-state index in [0.717, 1.165) is 19.4 Å². The van der Waals surface area contributed by atoms with Crippen molar-refractivity contribution in [3.63, 3.8) is 0 Å². The van der Waals surface area contributed by atoms with E-state index in [1.54, 1.807) is 0 Å². The van der Waals surface area contributed by atoms with Gasteiger partial charge in [-0.3, -0.25) is 9.59 Å². The van der Waals surface area contributed by atoms with Gasteiger partial charge in [0.1, 0.15) is 12.1 Å². The van der Waals surface area contributed by atoms with Crippen molar-refractivity contribution in [2.75, 3.05) is 13.1 Å². The van der Waals surface area contributed by atoms with Crippen molar-refractivity contribution in [1.29, 1.82) is 0 Å². The van der Waals surface area contributed by atoms with Crippen molar-refractivity contribution in [3.05, 3.63) is 0 Å². The molecule has 7 heteroatoms. The van der Waals surface area contributed by atoms with Crippen LogP contribution >= 0.6 is 0 Å². The number of carbonyl (C=O) groups excluding carboxylic acids is 2. The molecule has 2 amide bonds. The minimum Gasteiger partial charge on any atom is -0.480 e. The molecule has 0 unspecified atom stereocenters. The minimum absolute atomic E-state index is 0.0899. The number of carboxylic acid groups (broad SMARTS) is 1. The number of nitrogens with one attached hydrogen (secondary N) is 2. The Labute approximate surface area is 130 Å². The molecular weight excluding hydrogens is 286 g/mol. The monoisotopic (exact) mass is 311 g/mol. The number of hydrogen-bond donors (Lipinski definition) is 3. The summed E-state index contributed by atoms with van der Waals surface area (Å²) < 4.78 is 0. The second-order valence-electron chi connectivity index (χ2n) is 6.41. The highest BCUT2D eigenvalue weighted by Crippen LogP contribution is 2.20. The van der Waals surface area contributed by atoms with Gasteiger partial charge in [-0.05, 0) is 38.1 Å². The van der Waals surface area contributed by atoms with Crippen molar-refractivity contribution in [1.82, 2.24) is 15.5 Å². The largest absolute Gasteiger partial charge is 0.480 e. The summed E-state index contributed by atoms with van der Waals surface area (Å²) in [6.45, 7) is 4.97. The molecule has 2 heterocycles. The summed E-state index contributed by atoms with van der Waals surface area (Å²) in [6.07, 6.45) is 2.88. The fourth-order valence-electron chi connectivity index (χ4n) is 3.14. The quantitative estimate of drug-likeness (QED) is 0.661. The molecular formula is C15H25N3O4. The average molecular weight is 311 g/mol. The zero-order valence-electron chi connectivity index (χ0n) is 13.2. The lowest BCUT2D eigenvalue weighted by Gasteiger charge is -2.30. The molecule has 0 aliphatic carbocycles. The van der Waals surface area contributed by atoms with E-state index in [1.165, 1.54) is 4.90 Å². The van der Waals surface area contributed by atoms with Gasteiger partial charge in [-0.15, -0.1) is 0 Å². The van der Waals surface area contributed by atoms with Gasteiger partial charge in [0.15, 0.2) is 0 Å². The Bertz CT molecular complexity index is 446. The van der Waals surface area contributed by atoms with Crippen LogP contribution in [0.15, 0.2) is 0 Å². The smallest absolute Gasteiger partial charge is 0.326 e. The zero-order valence-corrected chi connectivity index (χ0v) is 13.2. The van der Waals surface area contributed by atoms with Crippen LogP contribution in [-0.2, 0) is 14.4 Å². The molecule has 2 rings (SSSR count). The highest BCUT2D eigenvalue weighted by molar-refractivity contribution is 5.92. The second kappa shape index (κ2) is 7.09. The standard InChI is InChI=1S/C15H25N3O4/c1-9(2)12(17-13(19)10-5-3-7-16-10)14(20)18-8-4-6-11(18)15(21)22/h9-12,16H,3-8H2,1-2H3,(H,17,19)(H,21,22)/t10-,11+,12-/m0/s1. The molecule has 0 aromatic carbocycles. The van der Waals surface area contributed by atoms with Gasteiger partial charge in [0.25, 0.3) is 0 Å². The summed E-state index contributed by atoms with van der Waals surface area (Å²) in [4.78, 5) is 37.6. The van der Waals surface area contributed by atoms with Crippen molar-refractivity contribution in [2.45, 2.75) is 57.7 Å². The Morgan fingerprint density at radius 3 is 2.50 bits per heavy atom. The lowest BCUT2D eigenvalue weighted by Crippen LogP contribution is -2.56. The van der Waals surface area contributed by atoms with E-state index in [0.29, 0.717) is 19.4 Å². The van der Waals surface area contributed by atoms with Gasteiger partial charge in [0.05, 0.1) is 6.04 Å². The molecule has 22 heavy (non-hydrogen) atoms. The molecule has 3 N–H and O–H groups in total. The van der Waals surface area contributed by atoms with E-state index in [1.807, 2.05) is 13.8 Å². The van der Waals surface area contributed by atoms with Crippen LogP contribution in [0.2, 0.25) is 0 Å². The summed E-state index contributed by atoms with van der Waals surface area (Å²) in [5.74, 6) is -1.52. The van der Waals surface area contributed by atoms with E-state index in [-0.39, 0.29) is 23.8 Å². The van der Waals surface area contributed by atoms with Crippen molar-refractivity contribution in [2.24, 2.45) is 5.92 Å². The van der Waals surface area contributed by atoms with E-state index in [9.17, 15) is 19.5 Å².